The SMILES string of the molecule is O=C(NC(c1cccs1)C1CCCC1)c1nnc(Cl)s1. The number of nitrogens with zero attached hydrogens (tertiary/aromatic N) is 2. The van der Waals surface area contributed by atoms with E-state index in [1.165, 1.54) is 30.6 Å². The second kappa shape index (κ2) is 6.20. The lowest BCUT2D eigenvalue weighted by molar-refractivity contribution is 0.0921. The van der Waals surface area contributed by atoms with Crippen LogP contribution >= 0.6 is 34.3 Å². The number of carbonyl (C=O) groups is 1. The molecular formula is C13H14ClN3OS2. The fourth-order valence-corrected chi connectivity index (χ4v) is 4.28. The third-order valence-corrected chi connectivity index (χ3v) is 5.58. The topological polar surface area (TPSA) is 54.9 Å². The summed E-state index contributed by atoms with van der Waals surface area (Å²) in [5.74, 6) is 0.334. The Balaban J connectivity index is 1.77. The van der Waals surface area contributed by atoms with Crippen LogP contribution in [-0.4, -0.2) is 16.1 Å². The first-order valence-corrected chi connectivity index (χ1v) is 8.65. The Kier molecular flexibility index (Phi) is 4.33. The molecule has 3 rings (SSSR count). The lowest BCUT2D eigenvalue weighted by Gasteiger charge is -2.23. The summed E-state index contributed by atoms with van der Waals surface area (Å²) in [5.41, 5.74) is 0. The second-order valence-corrected chi connectivity index (χ2v) is 7.41. The van der Waals surface area contributed by atoms with Crippen LogP contribution in [-0.2, 0) is 0 Å². The van der Waals surface area contributed by atoms with Gasteiger partial charge in [-0.1, -0.05) is 30.2 Å². The fourth-order valence-electron chi connectivity index (χ4n) is 2.68. The largest absolute Gasteiger partial charge is 0.342 e. The maximum Gasteiger partial charge on any atom is 0.282 e. The number of thiophene rings is 1. The molecular weight excluding hydrogens is 314 g/mol. The summed E-state index contributed by atoms with van der Waals surface area (Å²) >= 11 is 8.53. The molecule has 0 aromatic carbocycles. The lowest BCUT2D eigenvalue weighted by atomic mass is 9.96. The van der Waals surface area contributed by atoms with E-state index < -0.39 is 0 Å². The number of rotatable bonds is 4. The molecule has 0 saturated heterocycles. The quantitative estimate of drug-likeness (QED) is 0.926. The molecule has 1 aliphatic rings. The predicted octanol–water partition coefficient (Wildman–Crippen LogP) is 3.91. The van der Waals surface area contributed by atoms with Gasteiger partial charge in [0.1, 0.15) is 0 Å². The number of amides is 1. The number of hydrogen-bond acceptors (Lipinski definition) is 5. The third-order valence-electron chi connectivity index (χ3n) is 3.60. The standard InChI is InChI=1S/C13H14ClN3OS2/c14-13-17-16-12(20-13)11(18)15-10(8-4-1-2-5-8)9-6-3-7-19-9/h3,6-8,10H,1-2,4-5H2,(H,15,18). The Morgan fingerprint density at radius 2 is 2.20 bits per heavy atom. The van der Waals surface area contributed by atoms with Gasteiger partial charge in [-0.3, -0.25) is 4.79 Å². The molecule has 1 fully saturated rings. The Bertz CT molecular complexity index is 578. The average Bonchev–Trinajstić information content (AvgIpc) is 3.17. The highest BCUT2D eigenvalue weighted by atomic mass is 35.5. The van der Waals surface area contributed by atoms with Gasteiger partial charge in [-0.25, -0.2) is 0 Å². The molecule has 0 bridgehead atoms. The second-order valence-electron chi connectivity index (χ2n) is 4.87. The van der Waals surface area contributed by atoms with Crippen LogP contribution in [0.3, 0.4) is 0 Å². The predicted molar refractivity (Wildman–Crippen MR) is 81.4 cm³/mol. The highest BCUT2D eigenvalue weighted by molar-refractivity contribution is 7.17. The van der Waals surface area contributed by atoms with Crippen LogP contribution < -0.4 is 5.32 Å². The van der Waals surface area contributed by atoms with Crippen LogP contribution in [0.1, 0.15) is 46.4 Å². The zero-order chi connectivity index (χ0) is 13.9. The van der Waals surface area contributed by atoms with Gasteiger partial charge in [0.2, 0.25) is 9.47 Å². The summed E-state index contributed by atoms with van der Waals surface area (Å²) in [7, 11) is 0. The van der Waals surface area contributed by atoms with Crippen molar-refractivity contribution in [3.63, 3.8) is 0 Å². The molecule has 0 spiro atoms. The van der Waals surface area contributed by atoms with Crippen molar-refractivity contribution >= 4 is 40.2 Å². The molecule has 1 saturated carbocycles. The average molecular weight is 328 g/mol. The van der Waals surface area contributed by atoms with Gasteiger partial charge in [-0.05, 0) is 41.8 Å². The highest BCUT2D eigenvalue weighted by Crippen LogP contribution is 2.37. The normalized spacial score (nSPS) is 17.2. The molecule has 1 N–H and O–H groups in total. The fraction of sp³-hybridized carbons (Fsp3) is 0.462. The third kappa shape index (κ3) is 3.02. The van der Waals surface area contributed by atoms with E-state index >= 15 is 0 Å². The summed E-state index contributed by atoms with van der Waals surface area (Å²) in [5, 5.41) is 13.0. The maximum atomic E-state index is 12.3. The first-order chi connectivity index (χ1) is 9.74. The molecule has 0 radical (unpaired) electrons. The van der Waals surface area contributed by atoms with Crippen LogP contribution in [0, 0.1) is 5.92 Å². The van der Waals surface area contributed by atoms with Crippen molar-refractivity contribution in [1.82, 2.24) is 15.5 Å². The molecule has 2 aromatic rings. The number of hydrogen-bond donors (Lipinski definition) is 1. The van der Waals surface area contributed by atoms with Crippen LogP contribution in [0.4, 0.5) is 0 Å². The first-order valence-electron chi connectivity index (χ1n) is 6.57. The van der Waals surface area contributed by atoms with Crippen LogP contribution in [0.5, 0.6) is 0 Å². The zero-order valence-corrected chi connectivity index (χ0v) is 13.1. The van der Waals surface area contributed by atoms with Gasteiger partial charge < -0.3 is 5.32 Å². The zero-order valence-electron chi connectivity index (χ0n) is 10.7. The molecule has 1 unspecified atom stereocenters. The molecule has 1 atom stereocenters. The molecule has 106 valence electrons. The molecule has 1 aliphatic carbocycles. The first kappa shape index (κ1) is 14.0. The number of nitrogens with one attached hydrogen (secondary N) is 1. The lowest BCUT2D eigenvalue weighted by Crippen LogP contribution is -2.32. The summed E-state index contributed by atoms with van der Waals surface area (Å²) in [4.78, 5) is 13.5. The maximum absolute atomic E-state index is 12.3. The number of halogens is 1. The van der Waals surface area contributed by atoms with Gasteiger partial charge in [0, 0.05) is 4.88 Å². The highest BCUT2D eigenvalue weighted by Gasteiger charge is 2.29. The molecule has 2 aromatic heterocycles. The van der Waals surface area contributed by atoms with Gasteiger partial charge in [-0.2, -0.15) is 0 Å². The van der Waals surface area contributed by atoms with Gasteiger partial charge >= 0.3 is 0 Å². The van der Waals surface area contributed by atoms with Crippen molar-refractivity contribution in [2.45, 2.75) is 31.7 Å². The van der Waals surface area contributed by atoms with Crippen molar-refractivity contribution in [2.24, 2.45) is 5.92 Å². The van der Waals surface area contributed by atoms with Gasteiger partial charge in [0.05, 0.1) is 6.04 Å². The van der Waals surface area contributed by atoms with Crippen molar-refractivity contribution in [1.29, 1.82) is 0 Å². The van der Waals surface area contributed by atoms with Crippen molar-refractivity contribution in [3.8, 4) is 0 Å². The van der Waals surface area contributed by atoms with E-state index in [0.717, 1.165) is 11.3 Å². The van der Waals surface area contributed by atoms with Gasteiger partial charge in [0.25, 0.3) is 5.91 Å². The molecule has 2 heterocycles. The van der Waals surface area contributed by atoms with E-state index in [9.17, 15) is 4.79 Å². The monoisotopic (exact) mass is 327 g/mol. The van der Waals surface area contributed by atoms with E-state index in [4.69, 9.17) is 11.6 Å². The van der Waals surface area contributed by atoms with E-state index in [1.807, 2.05) is 11.4 Å². The van der Waals surface area contributed by atoms with Crippen LogP contribution in [0.15, 0.2) is 17.5 Å². The molecule has 20 heavy (non-hydrogen) atoms. The Morgan fingerprint density at radius 1 is 1.40 bits per heavy atom. The minimum Gasteiger partial charge on any atom is -0.342 e. The minimum atomic E-state index is -0.181. The molecule has 7 heteroatoms. The van der Waals surface area contributed by atoms with Crippen molar-refractivity contribution in [2.75, 3.05) is 0 Å². The number of carbonyl (C=O) groups excluding carboxylic acids is 1. The Labute approximate surface area is 130 Å². The van der Waals surface area contributed by atoms with E-state index in [-0.39, 0.29) is 11.9 Å². The summed E-state index contributed by atoms with van der Waals surface area (Å²) < 4.78 is 0.295. The van der Waals surface area contributed by atoms with Gasteiger partial charge in [-0.15, -0.1) is 21.5 Å². The molecule has 1 amide bonds. The van der Waals surface area contributed by atoms with Crippen LogP contribution in [0.25, 0.3) is 0 Å². The summed E-state index contributed by atoms with van der Waals surface area (Å²) in [6, 6.07) is 4.18. The van der Waals surface area contributed by atoms with E-state index in [2.05, 4.69) is 21.6 Å². The molecule has 0 aliphatic heterocycles. The molecule has 4 nitrogen and oxygen atoms in total. The summed E-state index contributed by atoms with van der Waals surface area (Å²) in [6.07, 6.45) is 4.82. The number of aromatic nitrogens is 2. The van der Waals surface area contributed by atoms with Crippen molar-refractivity contribution in [3.05, 3.63) is 31.9 Å². The Hall–Kier alpha value is -0.980. The van der Waals surface area contributed by atoms with Crippen LogP contribution in [0.2, 0.25) is 4.47 Å². The Morgan fingerprint density at radius 3 is 2.80 bits per heavy atom. The van der Waals surface area contributed by atoms with E-state index in [0.29, 0.717) is 15.4 Å². The van der Waals surface area contributed by atoms with Gasteiger partial charge in [0.15, 0.2) is 0 Å². The summed E-state index contributed by atoms with van der Waals surface area (Å²) in [6.45, 7) is 0. The minimum absolute atomic E-state index is 0.0766. The van der Waals surface area contributed by atoms with E-state index in [1.54, 1.807) is 11.3 Å². The smallest absolute Gasteiger partial charge is 0.282 e. The van der Waals surface area contributed by atoms with Crippen molar-refractivity contribution < 1.29 is 4.79 Å².